The van der Waals surface area contributed by atoms with E-state index < -0.39 is 21.2 Å². The van der Waals surface area contributed by atoms with Gasteiger partial charge in [0.05, 0.1) is 36.8 Å². The van der Waals surface area contributed by atoms with E-state index in [4.69, 9.17) is 9.47 Å². The van der Waals surface area contributed by atoms with Crippen molar-refractivity contribution in [1.29, 1.82) is 0 Å². The van der Waals surface area contributed by atoms with Crippen LogP contribution in [0.4, 0.5) is 0 Å². The van der Waals surface area contributed by atoms with Crippen molar-refractivity contribution in [1.82, 2.24) is 4.98 Å². The molecule has 1 aliphatic heterocycles. The van der Waals surface area contributed by atoms with E-state index in [1.807, 2.05) is 0 Å². The number of ether oxygens (including phenoxy) is 2. The molecule has 2 heterocycles. The number of aromatic nitrogens is 1. The predicted octanol–water partition coefficient (Wildman–Crippen LogP) is 0.531. The summed E-state index contributed by atoms with van der Waals surface area (Å²) >= 11 is 0. The zero-order chi connectivity index (χ0) is 15.7. The molecule has 0 spiro atoms. The Morgan fingerprint density at radius 2 is 2.14 bits per heavy atom. The van der Waals surface area contributed by atoms with E-state index in [-0.39, 0.29) is 24.3 Å². The van der Waals surface area contributed by atoms with Gasteiger partial charge in [0.25, 0.3) is 0 Å². The molecule has 7 nitrogen and oxygen atoms in total. The molecule has 1 aliphatic rings. The van der Waals surface area contributed by atoms with Crippen LogP contribution in [-0.2, 0) is 21.1 Å². The van der Waals surface area contributed by atoms with Gasteiger partial charge in [-0.1, -0.05) is 0 Å². The minimum atomic E-state index is -3.33. The predicted molar refractivity (Wildman–Crippen MR) is 74.4 cm³/mol. The molecule has 0 bridgehead atoms. The Morgan fingerprint density at radius 3 is 2.62 bits per heavy atom. The second-order valence-corrected chi connectivity index (χ2v) is 7.28. The van der Waals surface area contributed by atoms with Crippen LogP contribution in [0.2, 0.25) is 0 Å². The second kappa shape index (κ2) is 5.51. The third kappa shape index (κ3) is 2.94. The number of nitrogens with zero attached hydrogens (tertiary/aromatic N) is 1. The number of methoxy groups -OCH3 is 2. The van der Waals surface area contributed by atoms with Crippen molar-refractivity contribution < 1.29 is 27.8 Å². The molecule has 0 aliphatic carbocycles. The van der Waals surface area contributed by atoms with E-state index >= 15 is 0 Å². The van der Waals surface area contributed by atoms with Crippen molar-refractivity contribution in [3.8, 4) is 11.5 Å². The van der Waals surface area contributed by atoms with Crippen molar-refractivity contribution >= 4 is 15.8 Å². The van der Waals surface area contributed by atoms with Crippen molar-refractivity contribution in [2.75, 3.05) is 25.7 Å². The van der Waals surface area contributed by atoms with Crippen LogP contribution in [-0.4, -0.2) is 50.2 Å². The second-order valence-electron chi connectivity index (χ2n) is 5.10. The van der Waals surface area contributed by atoms with E-state index in [9.17, 15) is 18.3 Å². The van der Waals surface area contributed by atoms with Crippen LogP contribution in [0.5, 0.6) is 11.5 Å². The van der Waals surface area contributed by atoms with E-state index in [0.717, 1.165) is 0 Å². The van der Waals surface area contributed by atoms with Crippen LogP contribution in [0.15, 0.2) is 12.3 Å². The Morgan fingerprint density at radius 1 is 1.43 bits per heavy atom. The SMILES string of the molecule is COc1ccnc(CC2(C(=O)O)CCS(=O)(=O)C2)c1OC. The Balaban J connectivity index is 2.42. The van der Waals surface area contributed by atoms with Gasteiger partial charge in [0, 0.05) is 18.7 Å². The number of carboxylic acids is 1. The Bertz CT molecular complexity index is 657. The molecule has 1 atom stereocenters. The van der Waals surface area contributed by atoms with Crippen molar-refractivity contribution in [3.63, 3.8) is 0 Å². The maximum atomic E-state index is 11.7. The first-order valence-corrected chi connectivity index (χ1v) is 8.15. The number of aliphatic carboxylic acids is 1. The first kappa shape index (κ1) is 15.6. The highest BCUT2D eigenvalue weighted by Crippen LogP contribution is 2.39. The normalized spacial score (nSPS) is 23.7. The molecule has 0 aromatic carbocycles. The van der Waals surface area contributed by atoms with E-state index in [1.54, 1.807) is 6.07 Å². The van der Waals surface area contributed by atoms with Crippen LogP contribution >= 0.6 is 0 Å². The summed E-state index contributed by atoms with van der Waals surface area (Å²) in [6.07, 6.45) is 1.55. The quantitative estimate of drug-likeness (QED) is 0.845. The van der Waals surface area contributed by atoms with Crippen LogP contribution in [0, 0.1) is 5.41 Å². The lowest BCUT2D eigenvalue weighted by atomic mass is 9.82. The summed E-state index contributed by atoms with van der Waals surface area (Å²) < 4.78 is 33.7. The summed E-state index contributed by atoms with van der Waals surface area (Å²) in [7, 11) is -0.436. The molecule has 1 N–H and O–H groups in total. The fraction of sp³-hybridized carbons (Fsp3) is 0.538. The lowest BCUT2D eigenvalue weighted by Gasteiger charge is -2.23. The van der Waals surface area contributed by atoms with Crippen molar-refractivity contribution in [2.24, 2.45) is 5.41 Å². The molecule has 1 aromatic heterocycles. The van der Waals surface area contributed by atoms with Gasteiger partial charge in [-0.2, -0.15) is 0 Å². The average molecular weight is 315 g/mol. The van der Waals surface area contributed by atoms with E-state index in [0.29, 0.717) is 17.2 Å². The third-order valence-electron chi connectivity index (χ3n) is 3.71. The lowest BCUT2D eigenvalue weighted by Crippen LogP contribution is -2.35. The topological polar surface area (TPSA) is 103 Å². The lowest BCUT2D eigenvalue weighted by molar-refractivity contribution is -0.147. The number of pyridine rings is 1. The minimum Gasteiger partial charge on any atom is -0.493 e. The zero-order valence-electron chi connectivity index (χ0n) is 11.8. The van der Waals surface area contributed by atoms with Crippen LogP contribution in [0.3, 0.4) is 0 Å². The van der Waals surface area contributed by atoms with Gasteiger partial charge in [-0.15, -0.1) is 0 Å². The first-order chi connectivity index (χ1) is 9.83. The Hall–Kier alpha value is -1.83. The van der Waals surface area contributed by atoms with Gasteiger partial charge in [0.15, 0.2) is 21.3 Å². The summed E-state index contributed by atoms with van der Waals surface area (Å²) in [5.41, 5.74) is -0.970. The third-order valence-corrected chi connectivity index (χ3v) is 5.53. The standard InChI is InChI=1S/C13H17NO6S/c1-19-10-3-5-14-9(11(10)20-2)7-13(12(15)16)4-6-21(17,18)8-13/h3,5H,4,6-8H2,1-2H3,(H,15,16). The van der Waals surface area contributed by atoms with Crippen LogP contribution < -0.4 is 9.47 Å². The van der Waals surface area contributed by atoms with Gasteiger partial charge in [0.2, 0.25) is 0 Å². The fourth-order valence-electron chi connectivity index (χ4n) is 2.60. The number of rotatable bonds is 5. The monoisotopic (exact) mass is 315 g/mol. The molecule has 1 saturated heterocycles. The molecule has 0 saturated carbocycles. The molecular weight excluding hydrogens is 298 g/mol. The van der Waals surface area contributed by atoms with Gasteiger partial charge in [-0.3, -0.25) is 9.78 Å². The molecule has 2 rings (SSSR count). The highest BCUT2D eigenvalue weighted by atomic mass is 32.2. The van der Waals surface area contributed by atoms with Crippen molar-refractivity contribution in [2.45, 2.75) is 12.8 Å². The van der Waals surface area contributed by atoms with E-state index in [1.165, 1.54) is 20.4 Å². The Labute approximate surface area is 122 Å². The summed E-state index contributed by atoms with van der Waals surface area (Å²) in [4.78, 5) is 15.7. The summed E-state index contributed by atoms with van der Waals surface area (Å²) in [6, 6.07) is 1.60. The summed E-state index contributed by atoms with van der Waals surface area (Å²) in [6.45, 7) is 0. The largest absolute Gasteiger partial charge is 0.493 e. The molecule has 116 valence electrons. The first-order valence-electron chi connectivity index (χ1n) is 6.33. The number of hydrogen-bond donors (Lipinski definition) is 1. The molecule has 21 heavy (non-hydrogen) atoms. The van der Waals surface area contributed by atoms with Gasteiger partial charge < -0.3 is 14.6 Å². The van der Waals surface area contributed by atoms with Crippen LogP contribution in [0.25, 0.3) is 0 Å². The van der Waals surface area contributed by atoms with Gasteiger partial charge >= 0.3 is 5.97 Å². The minimum absolute atomic E-state index is 0.0120. The average Bonchev–Trinajstić information content (AvgIpc) is 2.75. The Kier molecular flexibility index (Phi) is 4.08. The number of hydrogen-bond acceptors (Lipinski definition) is 6. The van der Waals surface area contributed by atoms with Crippen molar-refractivity contribution in [3.05, 3.63) is 18.0 Å². The van der Waals surface area contributed by atoms with E-state index in [2.05, 4.69) is 4.98 Å². The molecule has 1 fully saturated rings. The van der Waals surface area contributed by atoms with Gasteiger partial charge in [-0.25, -0.2) is 8.42 Å². The highest BCUT2D eigenvalue weighted by molar-refractivity contribution is 7.91. The number of carboxylic acid groups (broad SMARTS) is 1. The molecular formula is C13H17NO6S. The van der Waals surface area contributed by atoms with Crippen LogP contribution in [0.1, 0.15) is 12.1 Å². The summed E-state index contributed by atoms with van der Waals surface area (Å²) in [5.74, 6) is -0.854. The zero-order valence-corrected chi connectivity index (χ0v) is 12.6. The molecule has 1 unspecified atom stereocenters. The van der Waals surface area contributed by atoms with Gasteiger partial charge in [0.1, 0.15) is 0 Å². The molecule has 0 radical (unpaired) electrons. The highest BCUT2D eigenvalue weighted by Gasteiger charge is 2.49. The fourth-order valence-corrected chi connectivity index (χ4v) is 4.65. The number of sulfone groups is 1. The van der Waals surface area contributed by atoms with Gasteiger partial charge in [-0.05, 0) is 6.42 Å². The maximum absolute atomic E-state index is 11.7. The number of carbonyl (C=O) groups is 1. The molecule has 1 aromatic rings. The molecule has 0 amide bonds. The maximum Gasteiger partial charge on any atom is 0.311 e. The molecule has 8 heteroatoms. The smallest absolute Gasteiger partial charge is 0.311 e. The summed E-state index contributed by atoms with van der Waals surface area (Å²) in [5, 5.41) is 9.48.